The summed E-state index contributed by atoms with van der Waals surface area (Å²) in [6, 6.07) is 9.03. The van der Waals surface area contributed by atoms with Gasteiger partial charge in [0.1, 0.15) is 29.7 Å². The van der Waals surface area contributed by atoms with Crippen LogP contribution in [0, 0.1) is 11.3 Å². The predicted octanol–water partition coefficient (Wildman–Crippen LogP) is 4.15. The standard InChI is InChI=1S/C28H32N6O2/c1-26(2)35-21-20(34-11-7-16-23(29)31-14-32-24(16)34)18-13-28(18,22(21)36-26)10-6-15-4-5-17-19(12-15)33-25(30)27(17)8-3-9-27/h4-5,7,11-12,14,18,20-22H,3,6,8-10,13H2,1-2H3,(H2,30,33)(H2,29,31,32)/t18?,20-,21+,22+,28-/m1/s1. The van der Waals surface area contributed by atoms with Crippen molar-refractivity contribution >= 4 is 28.4 Å². The molecule has 8 nitrogen and oxygen atoms in total. The van der Waals surface area contributed by atoms with Crippen LogP contribution in [-0.4, -0.2) is 38.4 Å². The molecular weight excluding hydrogens is 452 g/mol. The Morgan fingerprint density at radius 1 is 1.11 bits per heavy atom. The number of hydrogen-bond donors (Lipinski definition) is 2. The molecule has 1 aromatic carbocycles. The van der Waals surface area contributed by atoms with Crippen LogP contribution in [0.3, 0.4) is 0 Å². The van der Waals surface area contributed by atoms with Gasteiger partial charge in [-0.15, -0.1) is 0 Å². The molecule has 4 N–H and O–H groups in total. The number of nitrogens with zero attached hydrogens (tertiary/aromatic N) is 4. The van der Waals surface area contributed by atoms with E-state index in [9.17, 15) is 0 Å². The van der Waals surface area contributed by atoms with E-state index in [4.69, 9.17) is 25.9 Å². The highest BCUT2D eigenvalue weighted by Gasteiger charge is 2.75. The second-order valence-electron chi connectivity index (χ2n) is 12.1. The van der Waals surface area contributed by atoms with Gasteiger partial charge >= 0.3 is 0 Å². The van der Waals surface area contributed by atoms with Crippen LogP contribution in [0.4, 0.5) is 11.5 Å². The van der Waals surface area contributed by atoms with Gasteiger partial charge in [-0.1, -0.05) is 18.6 Å². The van der Waals surface area contributed by atoms with Gasteiger partial charge in [0.25, 0.3) is 0 Å². The number of rotatable bonds is 4. The molecule has 8 rings (SSSR count). The Hall–Kier alpha value is -2.97. The van der Waals surface area contributed by atoms with Crippen molar-refractivity contribution in [1.29, 1.82) is 0 Å². The fourth-order valence-corrected chi connectivity index (χ4v) is 7.90. The van der Waals surface area contributed by atoms with Gasteiger partial charge in [0, 0.05) is 11.6 Å². The number of hydrogen-bond acceptors (Lipinski definition) is 7. The molecule has 5 aliphatic rings. The molecule has 186 valence electrons. The molecule has 2 aliphatic heterocycles. The monoisotopic (exact) mass is 484 g/mol. The first-order chi connectivity index (χ1) is 17.3. The summed E-state index contributed by atoms with van der Waals surface area (Å²) in [6.07, 6.45) is 10.4. The Labute approximate surface area is 210 Å². The second-order valence-corrected chi connectivity index (χ2v) is 12.1. The van der Waals surface area contributed by atoms with E-state index in [2.05, 4.69) is 38.9 Å². The van der Waals surface area contributed by atoms with E-state index < -0.39 is 5.79 Å². The van der Waals surface area contributed by atoms with E-state index in [1.165, 1.54) is 17.5 Å². The molecule has 8 heteroatoms. The lowest BCUT2D eigenvalue weighted by Crippen LogP contribution is -2.44. The number of ether oxygens (including phenoxy) is 2. The first-order valence-electron chi connectivity index (χ1n) is 13.2. The summed E-state index contributed by atoms with van der Waals surface area (Å²) >= 11 is 0. The van der Waals surface area contributed by atoms with Crippen molar-refractivity contribution in [2.45, 2.75) is 81.8 Å². The molecule has 0 radical (unpaired) electrons. The van der Waals surface area contributed by atoms with Crippen LogP contribution in [0.15, 0.2) is 41.8 Å². The zero-order valence-electron chi connectivity index (χ0n) is 20.8. The number of aliphatic imine (C=N–C) groups is 1. The summed E-state index contributed by atoms with van der Waals surface area (Å²) < 4.78 is 15.4. The first kappa shape index (κ1) is 21.1. The number of nitrogens with two attached hydrogens (primary N) is 2. The van der Waals surface area contributed by atoms with Crippen molar-refractivity contribution in [3.8, 4) is 0 Å². The van der Waals surface area contributed by atoms with Gasteiger partial charge in [0.2, 0.25) is 0 Å². The fraction of sp³-hybridized carbons (Fsp3) is 0.536. The van der Waals surface area contributed by atoms with Crippen molar-refractivity contribution in [2.75, 3.05) is 5.73 Å². The zero-order valence-corrected chi connectivity index (χ0v) is 20.8. The molecule has 3 aromatic rings. The van der Waals surface area contributed by atoms with Gasteiger partial charge in [-0.25, -0.2) is 15.0 Å². The minimum absolute atomic E-state index is 0.00608. The third kappa shape index (κ3) is 2.59. The van der Waals surface area contributed by atoms with E-state index in [0.29, 0.717) is 11.7 Å². The highest BCUT2D eigenvalue weighted by atomic mass is 16.8. The summed E-state index contributed by atoms with van der Waals surface area (Å²) in [6.45, 7) is 4.06. The molecule has 4 fully saturated rings. The third-order valence-electron chi connectivity index (χ3n) is 9.88. The first-order valence-corrected chi connectivity index (χ1v) is 13.2. The van der Waals surface area contributed by atoms with Crippen LogP contribution >= 0.6 is 0 Å². The molecule has 36 heavy (non-hydrogen) atoms. The highest BCUT2D eigenvalue weighted by molar-refractivity contribution is 6.00. The number of amidine groups is 1. The van der Waals surface area contributed by atoms with Crippen molar-refractivity contribution in [3.05, 3.63) is 47.9 Å². The van der Waals surface area contributed by atoms with Crippen LogP contribution in [0.5, 0.6) is 0 Å². The minimum atomic E-state index is -0.595. The number of anilines is 1. The molecular formula is C28H32N6O2. The maximum absolute atomic E-state index is 6.59. The van der Waals surface area contributed by atoms with Gasteiger partial charge < -0.3 is 25.5 Å². The van der Waals surface area contributed by atoms with Gasteiger partial charge in [0.05, 0.1) is 28.6 Å². The fourth-order valence-electron chi connectivity index (χ4n) is 7.90. The van der Waals surface area contributed by atoms with Gasteiger partial charge in [0.15, 0.2) is 5.79 Å². The largest absolute Gasteiger partial charge is 0.386 e. The van der Waals surface area contributed by atoms with E-state index >= 15 is 0 Å². The Morgan fingerprint density at radius 2 is 1.97 bits per heavy atom. The summed E-state index contributed by atoms with van der Waals surface area (Å²) in [4.78, 5) is 13.5. The van der Waals surface area contributed by atoms with Crippen LogP contribution in [0.2, 0.25) is 0 Å². The molecule has 4 heterocycles. The van der Waals surface area contributed by atoms with Crippen LogP contribution in [0.1, 0.15) is 63.1 Å². The summed E-state index contributed by atoms with van der Waals surface area (Å²) in [5.41, 5.74) is 17.2. The van der Waals surface area contributed by atoms with Crippen LogP contribution in [0.25, 0.3) is 11.0 Å². The lowest BCUT2D eigenvalue weighted by atomic mass is 9.64. The molecule has 3 saturated carbocycles. The third-order valence-corrected chi connectivity index (χ3v) is 9.88. The van der Waals surface area contributed by atoms with Crippen molar-refractivity contribution in [3.63, 3.8) is 0 Å². The van der Waals surface area contributed by atoms with E-state index in [1.807, 2.05) is 19.9 Å². The van der Waals surface area contributed by atoms with Crippen molar-refractivity contribution < 1.29 is 9.47 Å². The lowest BCUT2D eigenvalue weighted by Gasteiger charge is -2.38. The van der Waals surface area contributed by atoms with Crippen molar-refractivity contribution in [1.82, 2.24) is 14.5 Å². The van der Waals surface area contributed by atoms with Gasteiger partial charge in [-0.2, -0.15) is 0 Å². The maximum atomic E-state index is 6.59. The topological polar surface area (TPSA) is 114 Å². The Kier molecular flexibility index (Phi) is 3.91. The van der Waals surface area contributed by atoms with E-state index in [-0.39, 0.29) is 29.1 Å². The lowest BCUT2D eigenvalue weighted by molar-refractivity contribution is -0.161. The molecule has 0 bridgehead atoms. The highest BCUT2D eigenvalue weighted by Crippen LogP contribution is 2.73. The Morgan fingerprint density at radius 3 is 2.78 bits per heavy atom. The minimum Gasteiger partial charge on any atom is -0.386 e. The average Bonchev–Trinajstić information content (AvgIpc) is 3.06. The molecule has 1 saturated heterocycles. The van der Waals surface area contributed by atoms with Gasteiger partial charge in [-0.05, 0) is 75.1 Å². The number of fused-ring (bicyclic) bond motifs is 6. The molecule has 2 aromatic heterocycles. The molecule has 1 unspecified atom stereocenters. The van der Waals surface area contributed by atoms with E-state index in [1.54, 1.807) is 6.33 Å². The number of benzene rings is 1. The number of nitrogen functional groups attached to an aromatic ring is 1. The quantitative estimate of drug-likeness (QED) is 0.575. The normalized spacial score (nSPS) is 34.3. The second kappa shape index (κ2) is 6.66. The summed E-state index contributed by atoms with van der Waals surface area (Å²) in [5.74, 6) is 1.21. The zero-order chi connectivity index (χ0) is 24.4. The van der Waals surface area contributed by atoms with E-state index in [0.717, 1.165) is 54.7 Å². The summed E-state index contributed by atoms with van der Waals surface area (Å²) in [7, 11) is 0. The maximum Gasteiger partial charge on any atom is 0.163 e. The van der Waals surface area contributed by atoms with Crippen molar-refractivity contribution in [2.24, 2.45) is 22.1 Å². The number of aryl methyl sites for hydroxylation is 1. The molecule has 0 amide bonds. The SMILES string of the molecule is CC1(C)O[C@H]2[C@H](n3ccc4c(N)ncnc43)C3C[C@@]3(CCc3ccc4c(c3)N=C(N)C43CCC3)[C@H]2O1. The molecule has 3 aliphatic carbocycles. The predicted molar refractivity (Wildman–Crippen MR) is 137 cm³/mol. The summed E-state index contributed by atoms with van der Waals surface area (Å²) in [5, 5.41) is 0.896. The van der Waals surface area contributed by atoms with Gasteiger partial charge in [-0.3, -0.25) is 0 Å². The average molecular weight is 485 g/mol. The van der Waals surface area contributed by atoms with Crippen LogP contribution in [-0.2, 0) is 21.3 Å². The Balaban J connectivity index is 1.10. The smallest absolute Gasteiger partial charge is 0.163 e. The Bertz CT molecular complexity index is 1460. The molecule has 1 spiro atoms. The number of aromatic nitrogens is 3. The molecule has 5 atom stereocenters. The van der Waals surface area contributed by atoms with Crippen LogP contribution < -0.4 is 11.5 Å².